The first kappa shape index (κ1) is 26.5. The maximum Gasteiger partial charge on any atom is 0.146 e. The van der Waals surface area contributed by atoms with Gasteiger partial charge in [0.15, 0.2) is 0 Å². The van der Waals surface area contributed by atoms with Gasteiger partial charge in [0.1, 0.15) is 22.5 Å². The van der Waals surface area contributed by atoms with E-state index in [0.717, 1.165) is 28.6 Å². The molecule has 1 N–H and O–H groups in total. The minimum absolute atomic E-state index is 0.158. The molecule has 1 unspecified atom stereocenters. The molecule has 3 aromatic rings. The van der Waals surface area contributed by atoms with Crippen LogP contribution in [0.5, 0.6) is 5.75 Å². The van der Waals surface area contributed by atoms with Gasteiger partial charge in [0.2, 0.25) is 0 Å². The molecule has 34 heavy (non-hydrogen) atoms. The highest BCUT2D eigenvalue weighted by Gasteiger charge is 2.22. The van der Waals surface area contributed by atoms with Crippen LogP contribution < -0.4 is 0 Å². The summed E-state index contributed by atoms with van der Waals surface area (Å²) in [4.78, 5) is 1.59. The second kappa shape index (κ2) is 12.0. The Kier molecular flexibility index (Phi) is 9.35. The van der Waals surface area contributed by atoms with Gasteiger partial charge in [0.05, 0.1) is 0 Å². The van der Waals surface area contributed by atoms with Crippen molar-refractivity contribution in [2.45, 2.75) is 91.4 Å². The molecule has 4 nitrogen and oxygen atoms in total. The molecule has 0 bridgehead atoms. The number of nitrogens with zero attached hydrogens (tertiary/aromatic N) is 3. The van der Waals surface area contributed by atoms with Crippen molar-refractivity contribution in [3.8, 4) is 11.4 Å². The van der Waals surface area contributed by atoms with Gasteiger partial charge < -0.3 is 5.11 Å². The molecule has 3 rings (SSSR count). The number of hydrogen-bond acceptors (Lipinski definition) is 3. The first-order chi connectivity index (χ1) is 16.2. The molecule has 0 saturated heterocycles. The lowest BCUT2D eigenvalue weighted by Crippen LogP contribution is -2.13. The second-order valence-electron chi connectivity index (χ2n) is 10.6. The van der Waals surface area contributed by atoms with Crippen LogP contribution in [0.2, 0.25) is 0 Å². The highest BCUT2D eigenvalue weighted by Crippen LogP contribution is 2.36. The van der Waals surface area contributed by atoms with E-state index in [1.54, 1.807) is 4.80 Å². The number of phenols is 1. The Bertz CT molecular complexity index is 1110. The maximum absolute atomic E-state index is 11.0. The Balaban J connectivity index is 1.58. The van der Waals surface area contributed by atoms with Crippen LogP contribution in [0.15, 0.2) is 30.3 Å². The summed E-state index contributed by atoms with van der Waals surface area (Å²) in [6, 6.07) is 10.4. The van der Waals surface area contributed by atoms with E-state index < -0.39 is 0 Å². The van der Waals surface area contributed by atoms with E-state index in [1.165, 1.54) is 62.0 Å². The Morgan fingerprint density at radius 1 is 0.912 bits per heavy atom. The molecule has 0 amide bonds. The average Bonchev–Trinajstić information content (AvgIpc) is 3.20. The van der Waals surface area contributed by atoms with E-state index >= 15 is 0 Å². The van der Waals surface area contributed by atoms with Crippen molar-refractivity contribution in [3.05, 3.63) is 47.0 Å². The lowest BCUT2D eigenvalue weighted by Gasteiger charge is -2.22. The quantitative estimate of drug-likeness (QED) is 0.213. The second-order valence-corrected chi connectivity index (χ2v) is 12.7. The van der Waals surface area contributed by atoms with Crippen LogP contribution in [0.1, 0.15) is 89.3 Å². The van der Waals surface area contributed by atoms with E-state index in [9.17, 15) is 5.11 Å². The van der Waals surface area contributed by atoms with E-state index in [2.05, 4.69) is 56.9 Å². The third-order valence-electron chi connectivity index (χ3n) is 6.39. The average molecular weight is 482 g/mol. The fourth-order valence-corrected chi connectivity index (χ4v) is 5.78. The lowest BCUT2D eigenvalue weighted by molar-refractivity contribution is 0.440. The number of unbranched alkanes of at least 4 members (excludes halogenated alkanes) is 5. The number of rotatable bonds is 12. The summed E-state index contributed by atoms with van der Waals surface area (Å²) in [5.74, 6) is 7.22. The van der Waals surface area contributed by atoms with Gasteiger partial charge in [-0.1, -0.05) is 71.4 Å². The van der Waals surface area contributed by atoms with Crippen LogP contribution in [0.4, 0.5) is 0 Å². The van der Waals surface area contributed by atoms with Crippen molar-refractivity contribution < 1.29 is 5.11 Å². The molecule has 0 aliphatic rings. The molecule has 0 spiro atoms. The standard InChI is InChI=1S/C29H43N3OS/c1-7-8-12-17-34(6)18-13-10-9-11-14-23-15-16-25-26(21-23)31-32(30-25)27-20-22(2)19-24(28(27)33)29(3,4)5/h15-16,19-21,33H,6-14,17-18H2,1-5H3. The Morgan fingerprint density at radius 3 is 2.29 bits per heavy atom. The van der Waals surface area contributed by atoms with Gasteiger partial charge in [-0.15, -0.1) is 15.0 Å². The van der Waals surface area contributed by atoms with Crippen molar-refractivity contribution in [2.24, 2.45) is 0 Å². The van der Waals surface area contributed by atoms with Crippen molar-refractivity contribution >= 4 is 27.4 Å². The lowest BCUT2D eigenvalue weighted by atomic mass is 9.85. The fourth-order valence-electron chi connectivity index (χ4n) is 4.35. The van der Waals surface area contributed by atoms with Crippen LogP contribution in [-0.4, -0.2) is 37.5 Å². The van der Waals surface area contributed by atoms with Crippen molar-refractivity contribution in [2.75, 3.05) is 11.5 Å². The minimum atomic E-state index is -0.158. The van der Waals surface area contributed by atoms with Crippen LogP contribution >= 0.6 is 10.5 Å². The number of benzene rings is 2. The molecule has 0 fully saturated rings. The summed E-state index contributed by atoms with van der Waals surface area (Å²) in [5, 5.41) is 20.3. The molecular weight excluding hydrogens is 438 g/mol. The normalized spacial score (nSPS) is 13.0. The van der Waals surface area contributed by atoms with Crippen LogP contribution in [0.3, 0.4) is 0 Å². The van der Waals surface area contributed by atoms with E-state index in [4.69, 9.17) is 5.10 Å². The van der Waals surface area contributed by atoms with Gasteiger partial charge in [-0.05, 0) is 78.9 Å². The van der Waals surface area contributed by atoms with Gasteiger partial charge in [0, 0.05) is 5.56 Å². The smallest absolute Gasteiger partial charge is 0.146 e. The van der Waals surface area contributed by atoms with Crippen LogP contribution in [-0.2, 0) is 11.8 Å². The summed E-state index contributed by atoms with van der Waals surface area (Å²) in [6.45, 7) is 10.6. The molecule has 0 radical (unpaired) electrons. The molecule has 0 aliphatic carbocycles. The Morgan fingerprint density at radius 2 is 1.59 bits per heavy atom. The van der Waals surface area contributed by atoms with Crippen molar-refractivity contribution in [1.82, 2.24) is 15.0 Å². The summed E-state index contributed by atoms with van der Waals surface area (Å²) >= 11 is 0. The largest absolute Gasteiger partial charge is 0.505 e. The summed E-state index contributed by atoms with van der Waals surface area (Å²) in [6.07, 6.45) is 10.1. The van der Waals surface area contributed by atoms with E-state index in [0.29, 0.717) is 16.2 Å². The summed E-state index contributed by atoms with van der Waals surface area (Å²) < 4.78 is 0. The van der Waals surface area contributed by atoms with Crippen LogP contribution in [0, 0.1) is 6.92 Å². The number of aromatic hydroxyl groups is 1. The summed E-state index contributed by atoms with van der Waals surface area (Å²) in [5.41, 5.74) is 5.52. The molecule has 0 aliphatic heterocycles. The van der Waals surface area contributed by atoms with Gasteiger partial charge in [-0.2, -0.15) is 10.5 Å². The first-order valence-corrected chi connectivity index (χ1v) is 14.6. The molecule has 1 atom stereocenters. The predicted molar refractivity (Wildman–Crippen MR) is 150 cm³/mol. The topological polar surface area (TPSA) is 50.9 Å². The molecule has 2 aromatic carbocycles. The maximum atomic E-state index is 11.0. The Hall–Kier alpha value is -2.14. The van der Waals surface area contributed by atoms with Gasteiger partial charge in [0.25, 0.3) is 0 Å². The minimum Gasteiger partial charge on any atom is -0.505 e. The molecular formula is C29H43N3OS. The molecule has 5 heteroatoms. The molecule has 1 heterocycles. The number of aromatic nitrogens is 3. The number of aryl methyl sites for hydroxylation is 2. The zero-order valence-corrected chi connectivity index (χ0v) is 22.7. The van der Waals surface area contributed by atoms with E-state index in [-0.39, 0.29) is 11.2 Å². The number of hydrogen-bond donors (Lipinski definition) is 1. The molecule has 0 saturated carbocycles. The monoisotopic (exact) mass is 481 g/mol. The fraction of sp³-hybridized carbons (Fsp3) is 0.552. The van der Waals surface area contributed by atoms with Crippen molar-refractivity contribution in [1.29, 1.82) is 0 Å². The van der Waals surface area contributed by atoms with Gasteiger partial charge >= 0.3 is 0 Å². The third-order valence-corrected chi connectivity index (χ3v) is 8.12. The first-order valence-electron chi connectivity index (χ1n) is 12.9. The SMILES string of the molecule is C=S(CCCCC)CCCCCCc1ccc2nn(-c3cc(C)cc(C(C)(C)C)c3O)nc2c1. The predicted octanol–water partition coefficient (Wildman–Crippen LogP) is 7.73. The number of fused-ring (bicyclic) bond motifs is 1. The van der Waals surface area contributed by atoms with Crippen molar-refractivity contribution in [3.63, 3.8) is 0 Å². The molecule has 1 aromatic heterocycles. The summed E-state index contributed by atoms with van der Waals surface area (Å²) in [7, 11) is 0.362. The zero-order chi connectivity index (χ0) is 24.7. The number of phenolic OH excluding ortho intramolecular Hbond substituents is 1. The van der Waals surface area contributed by atoms with Gasteiger partial charge in [-0.25, -0.2) is 0 Å². The Labute approximate surface area is 208 Å². The van der Waals surface area contributed by atoms with E-state index in [1.807, 2.05) is 19.1 Å². The zero-order valence-electron chi connectivity index (χ0n) is 21.9. The highest BCUT2D eigenvalue weighted by molar-refractivity contribution is 8.14. The molecule has 186 valence electrons. The third kappa shape index (κ3) is 7.18. The highest BCUT2D eigenvalue weighted by atomic mass is 32.2. The van der Waals surface area contributed by atoms with Crippen LogP contribution in [0.25, 0.3) is 16.7 Å². The van der Waals surface area contributed by atoms with Gasteiger partial charge in [-0.3, -0.25) is 0 Å².